The fourth-order valence-electron chi connectivity index (χ4n) is 2.09. The average Bonchev–Trinajstić information content (AvgIpc) is 2.02. The fourth-order valence-corrected chi connectivity index (χ4v) is 2.09. The van der Waals surface area contributed by atoms with E-state index in [4.69, 9.17) is 7.85 Å². The van der Waals surface area contributed by atoms with Gasteiger partial charge in [-0.25, -0.2) is 0 Å². The molecule has 1 aliphatic heterocycles. The molecule has 0 saturated heterocycles. The maximum Gasteiger partial charge on any atom is 0.113 e. The van der Waals surface area contributed by atoms with Crippen LogP contribution in [-0.4, -0.2) is 26.3 Å². The monoisotopic (exact) mass is 171 g/mol. The normalized spacial score (nSPS) is 17.1. The minimum absolute atomic E-state index is 0.895. The minimum atomic E-state index is 0.895. The molecule has 1 aromatic carbocycles. The summed E-state index contributed by atoms with van der Waals surface area (Å²) in [5, 5.41) is 0. The molecule has 0 N–H and O–H groups in total. The van der Waals surface area contributed by atoms with Crippen molar-refractivity contribution in [3.63, 3.8) is 0 Å². The van der Waals surface area contributed by atoms with Crippen LogP contribution in [0.2, 0.25) is 0 Å². The molecule has 0 bridgehead atoms. The van der Waals surface area contributed by atoms with Gasteiger partial charge in [-0.3, -0.25) is 0 Å². The van der Waals surface area contributed by atoms with Crippen LogP contribution in [0.5, 0.6) is 0 Å². The molecule has 1 nitrogen and oxygen atoms in total. The van der Waals surface area contributed by atoms with E-state index in [1.807, 2.05) is 0 Å². The molecule has 0 spiro atoms. The fraction of sp³-hybridized carbons (Fsp3) is 0.455. The maximum atomic E-state index is 5.81. The van der Waals surface area contributed by atoms with Crippen molar-refractivity contribution < 1.29 is 0 Å². The Morgan fingerprint density at radius 3 is 2.92 bits per heavy atom. The third-order valence-corrected chi connectivity index (χ3v) is 2.77. The Kier molecular flexibility index (Phi) is 2.16. The predicted octanol–water partition coefficient (Wildman–Crippen LogP) is 0.777. The highest BCUT2D eigenvalue weighted by molar-refractivity contribution is 6.32. The second kappa shape index (κ2) is 3.19. The Morgan fingerprint density at radius 2 is 2.15 bits per heavy atom. The van der Waals surface area contributed by atoms with Gasteiger partial charge in [-0.1, -0.05) is 17.6 Å². The van der Waals surface area contributed by atoms with Crippen molar-refractivity contribution in [1.82, 2.24) is 4.90 Å². The zero-order valence-corrected chi connectivity index (χ0v) is 8.30. The highest BCUT2D eigenvalue weighted by atomic mass is 15.1. The van der Waals surface area contributed by atoms with E-state index >= 15 is 0 Å². The zero-order valence-electron chi connectivity index (χ0n) is 8.30. The lowest BCUT2D eigenvalue weighted by Crippen LogP contribution is -2.28. The van der Waals surface area contributed by atoms with Crippen LogP contribution in [0.4, 0.5) is 0 Å². The topological polar surface area (TPSA) is 3.24 Å². The molecule has 1 aliphatic rings. The predicted molar refractivity (Wildman–Crippen MR) is 56.6 cm³/mol. The van der Waals surface area contributed by atoms with Gasteiger partial charge in [0.25, 0.3) is 0 Å². The molecule has 0 amide bonds. The van der Waals surface area contributed by atoms with E-state index in [2.05, 4.69) is 31.0 Å². The van der Waals surface area contributed by atoms with Gasteiger partial charge < -0.3 is 4.90 Å². The maximum absolute atomic E-state index is 5.81. The van der Waals surface area contributed by atoms with Crippen LogP contribution >= 0.6 is 0 Å². The van der Waals surface area contributed by atoms with Crippen LogP contribution in [0.3, 0.4) is 0 Å². The SMILES string of the molecule is [B]c1cc(C)c2c(c1)CN(C)CC2. The average molecular weight is 171 g/mol. The summed E-state index contributed by atoms with van der Waals surface area (Å²) in [6, 6.07) is 4.18. The molecule has 0 saturated carbocycles. The summed E-state index contributed by atoms with van der Waals surface area (Å²) in [6.07, 6.45) is 1.16. The van der Waals surface area contributed by atoms with Crippen molar-refractivity contribution in [2.45, 2.75) is 19.9 Å². The molecule has 66 valence electrons. The summed E-state index contributed by atoms with van der Waals surface area (Å²) in [4.78, 5) is 2.33. The first-order valence-corrected chi connectivity index (χ1v) is 4.73. The standard InChI is InChI=1S/C11H14BN/c1-8-5-10(12)6-9-7-13(2)4-3-11(8)9/h5-6H,3-4,7H2,1-2H3. The number of nitrogens with zero attached hydrogens (tertiary/aromatic N) is 1. The van der Waals surface area contributed by atoms with E-state index in [1.165, 1.54) is 16.7 Å². The largest absolute Gasteiger partial charge is 0.302 e. The van der Waals surface area contributed by atoms with Crippen LogP contribution in [0, 0.1) is 6.92 Å². The molecule has 0 aromatic heterocycles. The molecule has 1 aromatic rings. The van der Waals surface area contributed by atoms with Gasteiger partial charge in [-0.2, -0.15) is 0 Å². The highest BCUT2D eigenvalue weighted by Gasteiger charge is 2.14. The third-order valence-electron chi connectivity index (χ3n) is 2.77. The first-order valence-electron chi connectivity index (χ1n) is 4.73. The van der Waals surface area contributed by atoms with Gasteiger partial charge in [0.2, 0.25) is 0 Å². The number of fused-ring (bicyclic) bond motifs is 1. The summed E-state index contributed by atoms with van der Waals surface area (Å²) in [5.41, 5.74) is 5.16. The number of hydrogen-bond acceptors (Lipinski definition) is 1. The summed E-state index contributed by atoms with van der Waals surface area (Å²) < 4.78 is 0. The smallest absolute Gasteiger partial charge is 0.113 e. The summed E-state index contributed by atoms with van der Waals surface area (Å²) in [5.74, 6) is 0. The third kappa shape index (κ3) is 1.64. The minimum Gasteiger partial charge on any atom is -0.302 e. The van der Waals surface area contributed by atoms with Crippen molar-refractivity contribution in [2.24, 2.45) is 0 Å². The molecule has 13 heavy (non-hydrogen) atoms. The van der Waals surface area contributed by atoms with Crippen molar-refractivity contribution >= 4 is 13.3 Å². The van der Waals surface area contributed by atoms with Crippen molar-refractivity contribution in [3.8, 4) is 0 Å². The summed E-state index contributed by atoms with van der Waals surface area (Å²) in [6.45, 7) is 4.36. The van der Waals surface area contributed by atoms with Crippen molar-refractivity contribution in [2.75, 3.05) is 13.6 Å². The second-order valence-electron chi connectivity index (χ2n) is 3.96. The number of rotatable bonds is 0. The van der Waals surface area contributed by atoms with Crippen LogP contribution < -0.4 is 5.46 Å². The lowest BCUT2D eigenvalue weighted by Gasteiger charge is -2.26. The number of hydrogen-bond donors (Lipinski definition) is 0. The Hall–Kier alpha value is -0.755. The lowest BCUT2D eigenvalue weighted by molar-refractivity contribution is 0.312. The molecule has 0 atom stereocenters. The number of likely N-dealkylation sites (N-methyl/N-ethyl adjacent to an activating group) is 1. The molecule has 1 heterocycles. The molecule has 2 radical (unpaired) electrons. The zero-order chi connectivity index (χ0) is 9.42. The quantitative estimate of drug-likeness (QED) is 0.521. The highest BCUT2D eigenvalue weighted by Crippen LogP contribution is 2.19. The molecule has 2 heteroatoms. The van der Waals surface area contributed by atoms with Gasteiger partial charge in [-0.15, -0.1) is 0 Å². The number of benzene rings is 1. The van der Waals surface area contributed by atoms with Gasteiger partial charge in [0.05, 0.1) is 0 Å². The summed E-state index contributed by atoms with van der Waals surface area (Å²) in [7, 11) is 7.96. The van der Waals surface area contributed by atoms with Gasteiger partial charge in [-0.05, 0) is 37.1 Å². The van der Waals surface area contributed by atoms with Gasteiger partial charge in [0.1, 0.15) is 7.85 Å². The molecule has 0 unspecified atom stereocenters. The molecule has 0 fully saturated rings. The van der Waals surface area contributed by atoms with Gasteiger partial charge >= 0.3 is 0 Å². The Bertz CT molecular complexity index is 333. The molecular weight excluding hydrogens is 157 g/mol. The molecule has 0 aliphatic carbocycles. The second-order valence-corrected chi connectivity index (χ2v) is 3.96. The number of aryl methyl sites for hydroxylation is 1. The van der Waals surface area contributed by atoms with E-state index in [0.29, 0.717) is 0 Å². The molecular formula is C11H14BN. The lowest BCUT2D eigenvalue weighted by atomic mass is 9.86. The van der Waals surface area contributed by atoms with Crippen molar-refractivity contribution in [3.05, 3.63) is 28.8 Å². The van der Waals surface area contributed by atoms with Crippen molar-refractivity contribution in [1.29, 1.82) is 0 Å². The first kappa shape index (κ1) is 8.83. The van der Waals surface area contributed by atoms with E-state index in [-0.39, 0.29) is 0 Å². The summed E-state index contributed by atoms with van der Waals surface area (Å²) >= 11 is 0. The van der Waals surface area contributed by atoms with Crippen LogP contribution in [0.15, 0.2) is 12.1 Å². The Balaban J connectivity index is 2.47. The Morgan fingerprint density at radius 1 is 1.38 bits per heavy atom. The van der Waals surface area contributed by atoms with Crippen LogP contribution in [0.1, 0.15) is 16.7 Å². The Labute approximate surface area is 81.2 Å². The van der Waals surface area contributed by atoms with Gasteiger partial charge in [0, 0.05) is 13.1 Å². The van der Waals surface area contributed by atoms with E-state index in [1.54, 1.807) is 0 Å². The van der Waals surface area contributed by atoms with E-state index in [0.717, 1.165) is 25.0 Å². The van der Waals surface area contributed by atoms with Crippen LogP contribution in [-0.2, 0) is 13.0 Å². The van der Waals surface area contributed by atoms with Gasteiger partial charge in [0.15, 0.2) is 0 Å². The van der Waals surface area contributed by atoms with Crippen LogP contribution in [0.25, 0.3) is 0 Å². The first-order chi connectivity index (χ1) is 6.16. The molecule has 2 rings (SSSR count). The van der Waals surface area contributed by atoms with E-state index < -0.39 is 0 Å². The van der Waals surface area contributed by atoms with E-state index in [9.17, 15) is 0 Å².